The van der Waals surface area contributed by atoms with Gasteiger partial charge in [0.2, 0.25) is 0 Å². The maximum Gasteiger partial charge on any atom is 0.271 e. The van der Waals surface area contributed by atoms with Crippen LogP contribution in [0.1, 0.15) is 24.3 Å². The van der Waals surface area contributed by atoms with E-state index in [0.717, 1.165) is 0 Å². The number of hydrogen-bond acceptors (Lipinski definition) is 4. The van der Waals surface area contributed by atoms with Crippen molar-refractivity contribution in [3.8, 4) is 0 Å². The highest BCUT2D eigenvalue weighted by Crippen LogP contribution is 2.27. The minimum atomic E-state index is -0.259. The van der Waals surface area contributed by atoms with Crippen molar-refractivity contribution in [2.45, 2.75) is 19.9 Å². The van der Waals surface area contributed by atoms with Crippen LogP contribution in [0.15, 0.2) is 30.6 Å². The van der Waals surface area contributed by atoms with Crippen molar-refractivity contribution in [2.75, 3.05) is 5.32 Å². The van der Waals surface area contributed by atoms with Crippen LogP contribution in [-0.4, -0.2) is 21.9 Å². The number of rotatable bonds is 4. The number of hydrogen-bond donors (Lipinski definition) is 2. The molecule has 0 aliphatic rings. The van der Waals surface area contributed by atoms with Gasteiger partial charge < -0.3 is 10.6 Å². The summed E-state index contributed by atoms with van der Waals surface area (Å²) in [5, 5.41) is 6.82. The van der Waals surface area contributed by atoms with Gasteiger partial charge in [0.25, 0.3) is 5.91 Å². The first-order valence-electron chi connectivity index (χ1n) is 6.30. The fraction of sp³-hybridized carbons (Fsp3) is 0.214. The first kappa shape index (κ1) is 15.5. The first-order chi connectivity index (χ1) is 9.95. The molecule has 0 aliphatic carbocycles. The van der Waals surface area contributed by atoms with Crippen molar-refractivity contribution in [2.24, 2.45) is 0 Å². The lowest BCUT2D eigenvalue weighted by molar-refractivity contribution is 0.0937. The highest BCUT2D eigenvalue weighted by molar-refractivity contribution is 6.35. The van der Waals surface area contributed by atoms with Gasteiger partial charge in [-0.05, 0) is 32.0 Å². The quantitative estimate of drug-likeness (QED) is 0.900. The highest BCUT2D eigenvalue weighted by atomic mass is 35.5. The number of nitrogens with zero attached hydrogens (tertiary/aromatic N) is 2. The predicted molar refractivity (Wildman–Crippen MR) is 84.4 cm³/mol. The molecule has 2 N–H and O–H groups in total. The maximum absolute atomic E-state index is 11.8. The summed E-state index contributed by atoms with van der Waals surface area (Å²) in [6, 6.07) is 5.11. The van der Waals surface area contributed by atoms with Crippen molar-refractivity contribution in [1.82, 2.24) is 15.3 Å². The first-order valence-corrected chi connectivity index (χ1v) is 7.06. The third-order valence-corrected chi connectivity index (χ3v) is 3.06. The topological polar surface area (TPSA) is 66.9 Å². The second-order valence-electron chi connectivity index (χ2n) is 4.66. The number of anilines is 2. The van der Waals surface area contributed by atoms with Crippen molar-refractivity contribution in [1.29, 1.82) is 0 Å². The molecule has 0 bridgehead atoms. The summed E-state index contributed by atoms with van der Waals surface area (Å²) >= 11 is 12.0. The Morgan fingerprint density at radius 2 is 1.95 bits per heavy atom. The third kappa shape index (κ3) is 4.31. The van der Waals surface area contributed by atoms with Gasteiger partial charge in [-0.2, -0.15) is 0 Å². The molecule has 110 valence electrons. The molecule has 0 aliphatic heterocycles. The molecule has 1 heterocycles. The molecule has 0 atom stereocenters. The molecule has 1 amide bonds. The van der Waals surface area contributed by atoms with E-state index in [1.54, 1.807) is 18.2 Å². The van der Waals surface area contributed by atoms with Gasteiger partial charge in [0.05, 0.1) is 23.1 Å². The summed E-state index contributed by atoms with van der Waals surface area (Å²) in [5.74, 6) is 0.213. The average molecular weight is 325 g/mol. The van der Waals surface area contributed by atoms with Crippen LogP contribution in [0, 0.1) is 0 Å². The number of benzene rings is 1. The molecule has 21 heavy (non-hydrogen) atoms. The lowest BCUT2D eigenvalue weighted by Crippen LogP contribution is -2.30. The van der Waals surface area contributed by atoms with Gasteiger partial charge >= 0.3 is 0 Å². The van der Waals surface area contributed by atoms with E-state index in [4.69, 9.17) is 23.2 Å². The second kappa shape index (κ2) is 6.74. The normalized spacial score (nSPS) is 10.5. The number of carbonyl (C=O) groups is 1. The Kier molecular flexibility index (Phi) is 4.98. The van der Waals surface area contributed by atoms with Crippen LogP contribution in [0.25, 0.3) is 0 Å². The van der Waals surface area contributed by atoms with Gasteiger partial charge in [0, 0.05) is 11.1 Å². The monoisotopic (exact) mass is 324 g/mol. The summed E-state index contributed by atoms with van der Waals surface area (Å²) in [5.41, 5.74) is 0.879. The van der Waals surface area contributed by atoms with Gasteiger partial charge in [-0.25, -0.2) is 9.97 Å². The smallest absolute Gasteiger partial charge is 0.271 e. The molecule has 0 saturated heterocycles. The molecule has 0 saturated carbocycles. The molecular formula is C14H14Cl2N4O. The molecule has 1 aromatic heterocycles. The van der Waals surface area contributed by atoms with Crippen molar-refractivity contribution < 1.29 is 4.79 Å². The van der Waals surface area contributed by atoms with E-state index in [9.17, 15) is 4.79 Å². The molecule has 0 unspecified atom stereocenters. The maximum atomic E-state index is 11.8. The molecule has 0 fully saturated rings. The summed E-state index contributed by atoms with van der Waals surface area (Å²) in [7, 11) is 0. The fourth-order valence-electron chi connectivity index (χ4n) is 1.58. The number of halogens is 2. The van der Waals surface area contributed by atoms with Gasteiger partial charge in [-0.15, -0.1) is 0 Å². The Bertz CT molecular complexity index is 644. The van der Waals surface area contributed by atoms with Gasteiger partial charge in [0.15, 0.2) is 0 Å². The number of nitrogens with one attached hydrogen (secondary N) is 2. The zero-order chi connectivity index (χ0) is 15.4. The zero-order valence-corrected chi connectivity index (χ0v) is 13.0. The lowest BCUT2D eigenvalue weighted by Gasteiger charge is -2.09. The Labute approximate surface area is 132 Å². The molecule has 2 aromatic rings. The van der Waals surface area contributed by atoms with Crippen LogP contribution in [0.5, 0.6) is 0 Å². The Balaban J connectivity index is 2.12. The van der Waals surface area contributed by atoms with Crippen LogP contribution in [0.4, 0.5) is 11.5 Å². The zero-order valence-electron chi connectivity index (χ0n) is 11.5. The van der Waals surface area contributed by atoms with Crippen molar-refractivity contribution >= 4 is 40.6 Å². The molecule has 5 nitrogen and oxygen atoms in total. The Morgan fingerprint density at radius 1 is 1.19 bits per heavy atom. The molecular weight excluding hydrogens is 311 g/mol. The van der Waals surface area contributed by atoms with Crippen LogP contribution in [0.2, 0.25) is 10.0 Å². The van der Waals surface area contributed by atoms with Crippen molar-refractivity contribution in [3.63, 3.8) is 0 Å². The number of carbonyl (C=O) groups excluding carboxylic acids is 1. The van der Waals surface area contributed by atoms with E-state index < -0.39 is 0 Å². The summed E-state index contributed by atoms with van der Waals surface area (Å²) < 4.78 is 0. The highest BCUT2D eigenvalue weighted by Gasteiger charge is 2.09. The molecule has 7 heteroatoms. The van der Waals surface area contributed by atoms with E-state index in [-0.39, 0.29) is 17.6 Å². The van der Waals surface area contributed by atoms with Crippen molar-refractivity contribution in [3.05, 3.63) is 46.3 Å². The number of amides is 1. The van der Waals surface area contributed by atoms with E-state index in [1.165, 1.54) is 12.4 Å². The second-order valence-corrected chi connectivity index (χ2v) is 5.51. The minimum absolute atomic E-state index is 0.0439. The van der Waals surface area contributed by atoms with E-state index in [0.29, 0.717) is 21.6 Å². The Morgan fingerprint density at radius 3 is 2.57 bits per heavy atom. The number of aromatic nitrogens is 2. The summed E-state index contributed by atoms with van der Waals surface area (Å²) in [6.45, 7) is 3.75. The van der Waals surface area contributed by atoms with Crippen LogP contribution >= 0.6 is 23.2 Å². The molecule has 2 rings (SSSR count). The fourth-order valence-corrected chi connectivity index (χ4v) is 1.91. The molecule has 0 spiro atoms. The standard InChI is InChI=1S/C14H14Cl2N4O/c1-8(2)19-14(21)12-6-18-13(7-17-12)20-11-5-9(15)3-4-10(11)16/h3-8H,1-2H3,(H,18,20)(H,19,21). The van der Waals surface area contributed by atoms with Gasteiger partial charge in [-0.1, -0.05) is 23.2 Å². The van der Waals surface area contributed by atoms with E-state index in [1.807, 2.05) is 13.8 Å². The summed E-state index contributed by atoms with van der Waals surface area (Å²) in [4.78, 5) is 20.0. The third-order valence-electron chi connectivity index (χ3n) is 2.50. The predicted octanol–water partition coefficient (Wildman–Crippen LogP) is 3.67. The van der Waals surface area contributed by atoms with Crippen LogP contribution in [-0.2, 0) is 0 Å². The van der Waals surface area contributed by atoms with Crippen LogP contribution < -0.4 is 10.6 Å². The van der Waals surface area contributed by atoms with E-state index in [2.05, 4.69) is 20.6 Å². The summed E-state index contributed by atoms with van der Waals surface area (Å²) in [6.07, 6.45) is 2.87. The Hall–Kier alpha value is -1.85. The lowest BCUT2D eigenvalue weighted by atomic mass is 10.3. The van der Waals surface area contributed by atoms with Gasteiger partial charge in [0.1, 0.15) is 11.5 Å². The molecule has 1 aromatic carbocycles. The largest absolute Gasteiger partial charge is 0.348 e. The van der Waals surface area contributed by atoms with Crippen LogP contribution in [0.3, 0.4) is 0 Å². The SMILES string of the molecule is CC(C)NC(=O)c1cnc(Nc2cc(Cl)ccc2Cl)cn1. The van der Waals surface area contributed by atoms with E-state index >= 15 is 0 Å². The average Bonchev–Trinajstić information content (AvgIpc) is 2.43. The molecule has 0 radical (unpaired) electrons. The minimum Gasteiger partial charge on any atom is -0.348 e. The van der Waals surface area contributed by atoms with Gasteiger partial charge in [-0.3, -0.25) is 4.79 Å².